The molecular weight excluding hydrogens is 364 g/mol. The van der Waals surface area contributed by atoms with E-state index in [9.17, 15) is 8.42 Å². The van der Waals surface area contributed by atoms with E-state index in [1.54, 1.807) is 28.6 Å². The van der Waals surface area contributed by atoms with Crippen molar-refractivity contribution in [3.63, 3.8) is 0 Å². The lowest BCUT2D eigenvalue weighted by molar-refractivity contribution is 0.258. The van der Waals surface area contributed by atoms with E-state index in [4.69, 9.17) is 5.73 Å². The number of benzene rings is 1. The Morgan fingerprint density at radius 2 is 1.95 bits per heavy atom. The first kappa shape index (κ1) is 17.9. The Bertz CT molecular complexity index is 520. The smallest absolute Gasteiger partial charge is 0.243 e. The highest BCUT2D eigenvalue weighted by Crippen LogP contribution is 2.25. The Morgan fingerprint density at radius 1 is 1.30 bits per heavy atom. The Labute approximate surface area is 135 Å². The van der Waals surface area contributed by atoms with Crippen LogP contribution in [0.15, 0.2) is 33.6 Å². The van der Waals surface area contributed by atoms with Gasteiger partial charge in [0.1, 0.15) is 0 Å². The molecule has 0 aliphatic carbocycles. The molecular formula is C13H20BrClN2O2S. The third-order valence-corrected chi connectivity index (χ3v) is 5.92. The van der Waals surface area contributed by atoms with Crippen LogP contribution < -0.4 is 5.73 Å². The summed E-state index contributed by atoms with van der Waals surface area (Å²) in [7, 11) is -3.36. The van der Waals surface area contributed by atoms with Gasteiger partial charge in [-0.05, 0) is 56.0 Å². The van der Waals surface area contributed by atoms with Gasteiger partial charge >= 0.3 is 0 Å². The highest BCUT2D eigenvalue weighted by Gasteiger charge is 2.29. The van der Waals surface area contributed by atoms with E-state index in [1.807, 2.05) is 0 Å². The van der Waals surface area contributed by atoms with Crippen LogP contribution in [0.1, 0.15) is 19.3 Å². The lowest BCUT2D eigenvalue weighted by atomic mass is 9.96. The van der Waals surface area contributed by atoms with Gasteiger partial charge in [-0.2, -0.15) is 4.31 Å². The van der Waals surface area contributed by atoms with Crippen LogP contribution in [0.25, 0.3) is 0 Å². The summed E-state index contributed by atoms with van der Waals surface area (Å²) in [6, 6.07) is 6.81. The topological polar surface area (TPSA) is 63.4 Å². The summed E-state index contributed by atoms with van der Waals surface area (Å²) in [5, 5.41) is 0. The molecule has 1 fully saturated rings. The maximum absolute atomic E-state index is 12.5. The van der Waals surface area contributed by atoms with Crippen LogP contribution in [-0.4, -0.2) is 32.4 Å². The zero-order valence-corrected chi connectivity index (χ0v) is 14.4. The lowest BCUT2D eigenvalue weighted by Gasteiger charge is -2.31. The Kier molecular flexibility index (Phi) is 6.94. The van der Waals surface area contributed by atoms with Gasteiger partial charge in [0.15, 0.2) is 0 Å². The van der Waals surface area contributed by atoms with Crippen LogP contribution in [-0.2, 0) is 10.0 Å². The van der Waals surface area contributed by atoms with Gasteiger partial charge in [-0.15, -0.1) is 12.4 Å². The van der Waals surface area contributed by atoms with Crippen LogP contribution in [0.4, 0.5) is 0 Å². The fourth-order valence-electron chi connectivity index (χ4n) is 2.47. The molecule has 20 heavy (non-hydrogen) atoms. The van der Waals surface area contributed by atoms with Crippen molar-refractivity contribution in [3.05, 3.63) is 28.7 Å². The molecule has 1 heterocycles. The molecule has 114 valence electrons. The van der Waals surface area contributed by atoms with Crippen LogP contribution in [0, 0.1) is 5.92 Å². The molecule has 1 unspecified atom stereocenters. The maximum atomic E-state index is 12.5. The number of halogens is 2. The van der Waals surface area contributed by atoms with Gasteiger partial charge in [0, 0.05) is 17.6 Å². The van der Waals surface area contributed by atoms with E-state index in [0.717, 1.165) is 23.7 Å². The number of nitrogens with two attached hydrogens (primary N) is 1. The highest BCUT2D eigenvalue weighted by atomic mass is 79.9. The van der Waals surface area contributed by atoms with E-state index in [-0.39, 0.29) is 12.4 Å². The molecule has 0 spiro atoms. The molecule has 1 aromatic carbocycles. The molecule has 4 nitrogen and oxygen atoms in total. The fraction of sp³-hybridized carbons (Fsp3) is 0.538. The molecule has 2 N–H and O–H groups in total. The molecule has 2 rings (SSSR count). The summed E-state index contributed by atoms with van der Waals surface area (Å²) in [6.07, 6.45) is 2.89. The quantitative estimate of drug-likeness (QED) is 0.869. The lowest BCUT2D eigenvalue weighted by Crippen LogP contribution is -2.40. The van der Waals surface area contributed by atoms with Crippen LogP contribution in [0.5, 0.6) is 0 Å². The van der Waals surface area contributed by atoms with Crippen molar-refractivity contribution >= 4 is 38.4 Å². The van der Waals surface area contributed by atoms with Crippen molar-refractivity contribution < 1.29 is 8.42 Å². The summed E-state index contributed by atoms with van der Waals surface area (Å²) in [6.45, 7) is 1.83. The van der Waals surface area contributed by atoms with Crippen molar-refractivity contribution in [2.75, 3.05) is 19.6 Å². The summed E-state index contributed by atoms with van der Waals surface area (Å²) >= 11 is 3.32. The highest BCUT2D eigenvalue weighted by molar-refractivity contribution is 9.10. The summed E-state index contributed by atoms with van der Waals surface area (Å²) in [5.41, 5.74) is 5.57. The number of sulfonamides is 1. The molecule has 1 atom stereocenters. The molecule has 1 aliphatic heterocycles. The second-order valence-electron chi connectivity index (χ2n) is 4.90. The maximum Gasteiger partial charge on any atom is 0.243 e. The normalized spacial score (nSPS) is 20.4. The molecule has 0 radical (unpaired) electrons. The van der Waals surface area contributed by atoms with E-state index in [1.165, 1.54) is 0 Å². The predicted octanol–water partition coefficient (Wildman–Crippen LogP) is 2.62. The van der Waals surface area contributed by atoms with Gasteiger partial charge in [-0.1, -0.05) is 15.9 Å². The van der Waals surface area contributed by atoms with Crippen molar-refractivity contribution in [2.24, 2.45) is 11.7 Å². The zero-order valence-electron chi connectivity index (χ0n) is 11.2. The molecule has 1 saturated heterocycles. The number of nitrogens with zero attached hydrogens (tertiary/aromatic N) is 1. The Balaban J connectivity index is 0.00000200. The molecule has 0 aromatic heterocycles. The molecule has 0 saturated carbocycles. The van der Waals surface area contributed by atoms with E-state index in [0.29, 0.717) is 30.4 Å². The van der Waals surface area contributed by atoms with Crippen LogP contribution in [0.2, 0.25) is 0 Å². The average Bonchev–Trinajstić information content (AvgIpc) is 2.40. The van der Waals surface area contributed by atoms with Crippen molar-refractivity contribution in [3.8, 4) is 0 Å². The van der Waals surface area contributed by atoms with Gasteiger partial charge < -0.3 is 5.73 Å². The van der Waals surface area contributed by atoms with Crippen molar-refractivity contribution in [2.45, 2.75) is 24.2 Å². The monoisotopic (exact) mass is 382 g/mol. The third-order valence-electron chi connectivity index (χ3n) is 3.51. The minimum absolute atomic E-state index is 0. The summed E-state index contributed by atoms with van der Waals surface area (Å²) < 4.78 is 27.5. The van der Waals surface area contributed by atoms with E-state index >= 15 is 0 Å². The molecule has 0 bridgehead atoms. The first-order chi connectivity index (χ1) is 9.04. The zero-order chi connectivity index (χ0) is 13.9. The predicted molar refractivity (Wildman–Crippen MR) is 86.5 cm³/mol. The number of hydrogen-bond acceptors (Lipinski definition) is 3. The fourth-order valence-corrected chi connectivity index (χ4v) is 4.29. The Morgan fingerprint density at radius 3 is 2.55 bits per heavy atom. The van der Waals surface area contributed by atoms with Gasteiger partial charge in [-0.25, -0.2) is 8.42 Å². The summed E-state index contributed by atoms with van der Waals surface area (Å²) in [4.78, 5) is 0.365. The standard InChI is InChI=1S/C13H19BrN2O2S.ClH/c14-12-3-5-13(6-4-12)19(17,18)16-9-1-2-11(10-16)7-8-15;/h3-6,11H,1-2,7-10,15H2;1H. The minimum Gasteiger partial charge on any atom is -0.330 e. The van der Waals surface area contributed by atoms with Crippen molar-refractivity contribution in [1.82, 2.24) is 4.31 Å². The Hall–Kier alpha value is -0.140. The van der Waals surface area contributed by atoms with E-state index in [2.05, 4.69) is 15.9 Å². The average molecular weight is 384 g/mol. The molecule has 1 aromatic rings. The summed E-state index contributed by atoms with van der Waals surface area (Å²) in [5.74, 6) is 0.393. The van der Waals surface area contributed by atoms with E-state index < -0.39 is 10.0 Å². The first-order valence-corrected chi connectivity index (χ1v) is 8.73. The SMILES string of the molecule is Cl.NCCC1CCCN(S(=O)(=O)c2ccc(Br)cc2)C1. The molecule has 0 amide bonds. The second-order valence-corrected chi connectivity index (χ2v) is 7.76. The molecule has 1 aliphatic rings. The number of hydrogen-bond donors (Lipinski definition) is 1. The largest absolute Gasteiger partial charge is 0.330 e. The third kappa shape index (κ3) is 4.18. The van der Waals surface area contributed by atoms with Crippen molar-refractivity contribution in [1.29, 1.82) is 0 Å². The van der Waals surface area contributed by atoms with Gasteiger partial charge in [0.2, 0.25) is 10.0 Å². The van der Waals surface area contributed by atoms with Crippen LogP contribution >= 0.6 is 28.3 Å². The minimum atomic E-state index is -3.36. The van der Waals surface area contributed by atoms with Gasteiger partial charge in [-0.3, -0.25) is 0 Å². The first-order valence-electron chi connectivity index (χ1n) is 6.50. The second kappa shape index (κ2) is 7.75. The van der Waals surface area contributed by atoms with Crippen LogP contribution in [0.3, 0.4) is 0 Å². The number of piperidine rings is 1. The van der Waals surface area contributed by atoms with Gasteiger partial charge in [0.25, 0.3) is 0 Å². The van der Waals surface area contributed by atoms with Gasteiger partial charge in [0.05, 0.1) is 4.90 Å². The number of rotatable bonds is 4. The molecule has 7 heteroatoms.